The maximum Gasteiger partial charge on any atom is 0.303 e. The van der Waals surface area contributed by atoms with Gasteiger partial charge in [0, 0.05) is 12.8 Å². The quantitative estimate of drug-likeness (QED) is 0.237. The second kappa shape index (κ2) is 14.2. The Bertz CT molecular complexity index is 574. The van der Waals surface area contributed by atoms with Crippen LogP contribution in [0.2, 0.25) is 0 Å². The molecular formula is C22H34F2O5. The van der Waals surface area contributed by atoms with Crippen molar-refractivity contribution in [2.45, 2.75) is 82.5 Å². The molecule has 0 fully saturated rings. The Hall–Kier alpha value is -1.83. The molecule has 5 nitrogen and oxygen atoms in total. The first-order chi connectivity index (χ1) is 13.4. The SMILES string of the molecule is CC(F)(F)CCCC[C@H](O)[C@H](O)/C=C/C=C/C=C\C=C\[C@@](C)(O)CCCC(=O)O. The summed E-state index contributed by atoms with van der Waals surface area (Å²) in [5.41, 5.74) is -1.07. The van der Waals surface area contributed by atoms with Crippen molar-refractivity contribution in [1.82, 2.24) is 0 Å². The van der Waals surface area contributed by atoms with Crippen LogP contribution in [0.1, 0.15) is 58.8 Å². The number of carboxylic acid groups (broad SMARTS) is 1. The molecule has 0 aliphatic rings. The number of hydrogen-bond acceptors (Lipinski definition) is 4. The number of carbonyl (C=O) groups is 1. The second-order valence-corrected chi connectivity index (χ2v) is 7.49. The van der Waals surface area contributed by atoms with Crippen LogP contribution in [0.4, 0.5) is 8.78 Å². The summed E-state index contributed by atoms with van der Waals surface area (Å²) in [6.07, 6.45) is 12.4. The molecule has 4 N–H and O–H groups in total. The summed E-state index contributed by atoms with van der Waals surface area (Å²) in [5.74, 6) is -3.59. The van der Waals surface area contributed by atoms with E-state index in [1.54, 1.807) is 49.5 Å². The van der Waals surface area contributed by atoms with E-state index in [4.69, 9.17) is 5.11 Å². The minimum atomic E-state index is -2.70. The lowest BCUT2D eigenvalue weighted by Gasteiger charge is -2.17. The molecule has 0 spiro atoms. The molecule has 0 aliphatic carbocycles. The molecule has 29 heavy (non-hydrogen) atoms. The molecular weight excluding hydrogens is 382 g/mol. The Morgan fingerprint density at radius 1 is 0.931 bits per heavy atom. The zero-order valence-electron chi connectivity index (χ0n) is 17.2. The Labute approximate surface area is 171 Å². The zero-order chi connectivity index (χ0) is 22.3. The van der Waals surface area contributed by atoms with Crippen LogP contribution in [0.15, 0.2) is 48.6 Å². The van der Waals surface area contributed by atoms with Crippen molar-refractivity contribution in [1.29, 1.82) is 0 Å². The van der Waals surface area contributed by atoms with Crippen molar-refractivity contribution < 1.29 is 34.0 Å². The standard InChI is InChI=1S/C22H34F2O5/c1-21(29,16-11-14-20(27)28)15-9-6-4-3-5-7-12-18(25)19(26)13-8-10-17-22(2,23)24/h3-7,9,12,15,18-19,25-26,29H,8,10-11,13-14,16-17H2,1-2H3,(H,27,28)/b5-3+,6-4-,12-7+,15-9+/t18-,19+,21-/m1/s1. The van der Waals surface area contributed by atoms with Crippen LogP contribution in [0.5, 0.6) is 0 Å². The number of carboxylic acids is 1. The van der Waals surface area contributed by atoms with Crippen LogP contribution >= 0.6 is 0 Å². The Morgan fingerprint density at radius 3 is 2.10 bits per heavy atom. The van der Waals surface area contributed by atoms with Crippen LogP contribution in [0.25, 0.3) is 0 Å². The van der Waals surface area contributed by atoms with Gasteiger partial charge in [-0.3, -0.25) is 4.79 Å². The molecule has 0 aromatic carbocycles. The Morgan fingerprint density at radius 2 is 1.52 bits per heavy atom. The van der Waals surface area contributed by atoms with Gasteiger partial charge >= 0.3 is 5.97 Å². The Balaban J connectivity index is 4.14. The highest BCUT2D eigenvalue weighted by Crippen LogP contribution is 2.21. The van der Waals surface area contributed by atoms with E-state index < -0.39 is 29.7 Å². The molecule has 0 radical (unpaired) electrons. The van der Waals surface area contributed by atoms with Crippen LogP contribution in [-0.4, -0.2) is 50.1 Å². The van der Waals surface area contributed by atoms with E-state index in [0.29, 0.717) is 25.7 Å². The monoisotopic (exact) mass is 416 g/mol. The molecule has 0 aromatic heterocycles. The number of aliphatic hydroxyl groups is 3. The third-order valence-corrected chi connectivity index (χ3v) is 4.15. The molecule has 0 amide bonds. The lowest BCUT2D eigenvalue weighted by atomic mass is 9.98. The van der Waals surface area contributed by atoms with Gasteiger partial charge in [-0.1, -0.05) is 55.0 Å². The summed E-state index contributed by atoms with van der Waals surface area (Å²) < 4.78 is 25.4. The fourth-order valence-electron chi connectivity index (χ4n) is 2.47. The third-order valence-electron chi connectivity index (χ3n) is 4.15. The molecule has 7 heteroatoms. The van der Waals surface area contributed by atoms with E-state index >= 15 is 0 Å². The van der Waals surface area contributed by atoms with Gasteiger partial charge in [0.05, 0.1) is 17.8 Å². The van der Waals surface area contributed by atoms with Crippen LogP contribution in [-0.2, 0) is 4.79 Å². The van der Waals surface area contributed by atoms with Gasteiger partial charge in [0.1, 0.15) is 0 Å². The van der Waals surface area contributed by atoms with E-state index in [1.807, 2.05) is 0 Å². The third kappa shape index (κ3) is 18.0. The highest BCUT2D eigenvalue weighted by Gasteiger charge is 2.20. The van der Waals surface area contributed by atoms with Crippen LogP contribution < -0.4 is 0 Å². The molecule has 0 heterocycles. The van der Waals surface area contributed by atoms with Gasteiger partial charge in [0.2, 0.25) is 5.92 Å². The van der Waals surface area contributed by atoms with Crippen molar-refractivity contribution >= 4 is 5.97 Å². The smallest absolute Gasteiger partial charge is 0.303 e. The number of alkyl halides is 2. The van der Waals surface area contributed by atoms with Crippen molar-refractivity contribution in [2.24, 2.45) is 0 Å². The summed E-state index contributed by atoms with van der Waals surface area (Å²) in [5, 5.41) is 38.3. The minimum Gasteiger partial charge on any atom is -0.481 e. The van der Waals surface area contributed by atoms with Gasteiger partial charge in [-0.25, -0.2) is 8.78 Å². The number of rotatable bonds is 15. The minimum absolute atomic E-state index is 0.0180. The number of hydrogen-bond donors (Lipinski definition) is 4. The van der Waals surface area contributed by atoms with E-state index in [-0.39, 0.29) is 19.3 Å². The number of unbranched alkanes of at least 4 members (excludes halogenated alkanes) is 1. The van der Waals surface area contributed by atoms with E-state index in [0.717, 1.165) is 6.92 Å². The first-order valence-corrected chi connectivity index (χ1v) is 9.80. The average molecular weight is 417 g/mol. The molecule has 0 bridgehead atoms. The van der Waals surface area contributed by atoms with Crippen molar-refractivity contribution in [3.63, 3.8) is 0 Å². The van der Waals surface area contributed by atoms with E-state index in [1.165, 1.54) is 6.08 Å². The highest BCUT2D eigenvalue weighted by molar-refractivity contribution is 5.66. The summed E-state index contributed by atoms with van der Waals surface area (Å²) >= 11 is 0. The van der Waals surface area contributed by atoms with Gasteiger partial charge < -0.3 is 20.4 Å². The molecule has 0 unspecified atom stereocenters. The summed E-state index contributed by atoms with van der Waals surface area (Å²) in [4.78, 5) is 10.5. The number of aliphatic hydroxyl groups excluding tert-OH is 2. The van der Waals surface area contributed by atoms with E-state index in [9.17, 15) is 28.9 Å². The summed E-state index contributed by atoms with van der Waals surface area (Å²) in [7, 11) is 0. The van der Waals surface area contributed by atoms with Crippen molar-refractivity contribution in [2.75, 3.05) is 0 Å². The van der Waals surface area contributed by atoms with Gasteiger partial charge in [-0.15, -0.1) is 0 Å². The predicted molar refractivity (Wildman–Crippen MR) is 110 cm³/mol. The maximum atomic E-state index is 12.7. The highest BCUT2D eigenvalue weighted by atomic mass is 19.3. The molecule has 166 valence electrons. The lowest BCUT2D eigenvalue weighted by molar-refractivity contribution is -0.137. The lowest BCUT2D eigenvalue weighted by Crippen LogP contribution is -2.23. The molecule has 0 saturated heterocycles. The molecule has 0 rings (SSSR count). The maximum absolute atomic E-state index is 12.7. The Kier molecular flexibility index (Phi) is 13.3. The summed E-state index contributed by atoms with van der Waals surface area (Å²) in [6, 6.07) is 0. The number of aliphatic carboxylic acids is 1. The molecule has 3 atom stereocenters. The van der Waals surface area contributed by atoms with Gasteiger partial charge in [-0.2, -0.15) is 0 Å². The topological polar surface area (TPSA) is 98.0 Å². The average Bonchev–Trinajstić information content (AvgIpc) is 2.59. The molecule has 0 aromatic rings. The van der Waals surface area contributed by atoms with Gasteiger partial charge in [-0.05, 0) is 39.5 Å². The fourth-order valence-corrected chi connectivity index (χ4v) is 2.47. The van der Waals surface area contributed by atoms with Crippen molar-refractivity contribution in [3.8, 4) is 0 Å². The van der Waals surface area contributed by atoms with E-state index in [2.05, 4.69) is 0 Å². The number of halogens is 2. The summed E-state index contributed by atoms with van der Waals surface area (Å²) in [6.45, 7) is 2.47. The normalized spacial score (nSPS) is 17.5. The first kappa shape index (κ1) is 27.2. The molecule has 0 saturated carbocycles. The zero-order valence-corrected chi connectivity index (χ0v) is 17.2. The van der Waals surface area contributed by atoms with Gasteiger partial charge in [0.15, 0.2) is 0 Å². The van der Waals surface area contributed by atoms with Crippen LogP contribution in [0.3, 0.4) is 0 Å². The number of allylic oxidation sites excluding steroid dienone is 6. The second-order valence-electron chi connectivity index (χ2n) is 7.49. The fraction of sp³-hybridized carbons (Fsp3) is 0.591. The van der Waals surface area contributed by atoms with Gasteiger partial charge in [0.25, 0.3) is 0 Å². The predicted octanol–water partition coefficient (Wildman–Crippen LogP) is 4.15. The molecule has 0 aliphatic heterocycles. The first-order valence-electron chi connectivity index (χ1n) is 9.80. The largest absolute Gasteiger partial charge is 0.481 e. The van der Waals surface area contributed by atoms with Crippen LogP contribution in [0, 0.1) is 0 Å². The van der Waals surface area contributed by atoms with Crippen molar-refractivity contribution in [3.05, 3.63) is 48.6 Å².